The number of benzene rings is 1. The van der Waals surface area contributed by atoms with Crippen molar-refractivity contribution in [1.29, 1.82) is 0 Å². The number of primary amides is 1. The predicted octanol–water partition coefficient (Wildman–Crippen LogP) is 0.0844. The molecule has 0 aliphatic carbocycles. The fourth-order valence-electron chi connectivity index (χ4n) is 1.06. The van der Waals surface area contributed by atoms with Crippen molar-refractivity contribution in [3.63, 3.8) is 0 Å². The Labute approximate surface area is 108 Å². The summed E-state index contributed by atoms with van der Waals surface area (Å²) in [4.78, 5) is 21.7. The summed E-state index contributed by atoms with van der Waals surface area (Å²) in [6.45, 7) is 0. The van der Waals surface area contributed by atoms with Gasteiger partial charge in [-0.3, -0.25) is 9.59 Å². The number of nitrogens with one attached hydrogen (secondary N) is 1. The highest BCUT2D eigenvalue weighted by atomic mass is 32.2. The first kappa shape index (κ1) is 14.5. The largest absolute Gasteiger partial charge is 0.361 e. The minimum atomic E-state index is -3.75. The molecule has 0 aromatic heterocycles. The molecule has 98 valence electrons. The lowest BCUT2D eigenvalue weighted by Gasteiger charge is -2.04. The van der Waals surface area contributed by atoms with E-state index in [4.69, 9.17) is 10.9 Å². The first-order chi connectivity index (χ1) is 8.29. The molecular formula is C9H11N3O4S2. The SMILES string of the molecule is NC(=O)SCC(=O)Nc1ccc(S(N)(=O)=O)cc1. The van der Waals surface area contributed by atoms with Crippen LogP contribution in [0.5, 0.6) is 0 Å². The van der Waals surface area contributed by atoms with Gasteiger partial charge >= 0.3 is 0 Å². The van der Waals surface area contributed by atoms with Gasteiger partial charge in [0.1, 0.15) is 0 Å². The van der Waals surface area contributed by atoms with Crippen LogP contribution in [0.1, 0.15) is 0 Å². The lowest BCUT2D eigenvalue weighted by atomic mass is 10.3. The molecule has 7 nitrogen and oxygen atoms in total. The van der Waals surface area contributed by atoms with Gasteiger partial charge in [0.05, 0.1) is 10.6 Å². The molecule has 0 unspecified atom stereocenters. The van der Waals surface area contributed by atoms with Gasteiger partial charge in [-0.15, -0.1) is 0 Å². The number of primary sulfonamides is 1. The quantitative estimate of drug-likeness (QED) is 0.722. The molecule has 0 radical (unpaired) electrons. The van der Waals surface area contributed by atoms with E-state index in [9.17, 15) is 18.0 Å². The first-order valence-electron chi connectivity index (χ1n) is 4.64. The molecule has 0 aliphatic heterocycles. The molecule has 0 bridgehead atoms. The van der Waals surface area contributed by atoms with Crippen LogP contribution in [0.15, 0.2) is 29.2 Å². The van der Waals surface area contributed by atoms with E-state index in [1.54, 1.807) is 0 Å². The summed E-state index contributed by atoms with van der Waals surface area (Å²) in [7, 11) is -3.75. The van der Waals surface area contributed by atoms with Crippen molar-refractivity contribution in [2.45, 2.75) is 4.90 Å². The van der Waals surface area contributed by atoms with E-state index in [-0.39, 0.29) is 10.6 Å². The average Bonchev–Trinajstić information content (AvgIpc) is 2.26. The molecular weight excluding hydrogens is 278 g/mol. The normalized spacial score (nSPS) is 10.9. The maximum atomic E-state index is 11.3. The van der Waals surface area contributed by atoms with Gasteiger partial charge in [0, 0.05) is 5.69 Å². The van der Waals surface area contributed by atoms with Crippen LogP contribution in [0.4, 0.5) is 10.5 Å². The number of amides is 2. The fourth-order valence-corrected chi connectivity index (χ4v) is 1.92. The molecule has 0 atom stereocenters. The van der Waals surface area contributed by atoms with Crippen molar-refractivity contribution in [3.05, 3.63) is 24.3 Å². The molecule has 9 heteroatoms. The van der Waals surface area contributed by atoms with Gasteiger partial charge in [0.2, 0.25) is 15.9 Å². The van der Waals surface area contributed by atoms with E-state index in [0.717, 1.165) is 0 Å². The third-order valence-electron chi connectivity index (χ3n) is 1.81. The number of nitrogens with two attached hydrogens (primary N) is 2. The molecule has 18 heavy (non-hydrogen) atoms. The van der Waals surface area contributed by atoms with Gasteiger partial charge in [-0.1, -0.05) is 11.8 Å². The molecule has 0 saturated carbocycles. The second kappa shape index (κ2) is 5.85. The summed E-state index contributed by atoms with van der Waals surface area (Å²) < 4.78 is 22.0. The highest BCUT2D eigenvalue weighted by Crippen LogP contribution is 2.13. The predicted molar refractivity (Wildman–Crippen MR) is 68.5 cm³/mol. The number of carbonyl (C=O) groups is 2. The van der Waals surface area contributed by atoms with Gasteiger partial charge in [-0.05, 0) is 24.3 Å². The Hall–Kier alpha value is -1.58. The van der Waals surface area contributed by atoms with E-state index in [0.29, 0.717) is 17.4 Å². The number of thioether (sulfide) groups is 1. The summed E-state index contributed by atoms with van der Waals surface area (Å²) in [5.41, 5.74) is 5.27. The van der Waals surface area contributed by atoms with Crippen molar-refractivity contribution in [3.8, 4) is 0 Å². The van der Waals surface area contributed by atoms with Gasteiger partial charge in [0.25, 0.3) is 5.24 Å². The number of carbonyl (C=O) groups excluding carboxylic acids is 2. The van der Waals surface area contributed by atoms with Crippen molar-refractivity contribution in [1.82, 2.24) is 0 Å². The lowest BCUT2D eigenvalue weighted by Crippen LogP contribution is -2.17. The van der Waals surface area contributed by atoms with E-state index >= 15 is 0 Å². The molecule has 2 amide bonds. The third-order valence-corrected chi connectivity index (χ3v) is 3.43. The minimum Gasteiger partial charge on any atom is -0.361 e. The zero-order valence-electron chi connectivity index (χ0n) is 9.12. The lowest BCUT2D eigenvalue weighted by molar-refractivity contribution is -0.113. The molecule has 1 aromatic carbocycles. The number of anilines is 1. The molecule has 1 rings (SSSR count). The second-order valence-electron chi connectivity index (χ2n) is 3.23. The molecule has 5 N–H and O–H groups in total. The number of sulfonamides is 1. The van der Waals surface area contributed by atoms with Crippen molar-refractivity contribution < 1.29 is 18.0 Å². The Kier molecular flexibility index (Phi) is 4.70. The first-order valence-corrected chi connectivity index (χ1v) is 7.17. The van der Waals surface area contributed by atoms with Crippen LogP contribution in [0.2, 0.25) is 0 Å². The zero-order valence-corrected chi connectivity index (χ0v) is 10.8. The van der Waals surface area contributed by atoms with Crippen LogP contribution >= 0.6 is 11.8 Å². The molecule has 0 spiro atoms. The summed E-state index contributed by atoms with van der Waals surface area (Å²) >= 11 is 0.677. The average molecular weight is 289 g/mol. The molecule has 0 aliphatic rings. The minimum absolute atomic E-state index is 0.0491. The van der Waals surface area contributed by atoms with Crippen LogP contribution in [0.25, 0.3) is 0 Å². The fraction of sp³-hybridized carbons (Fsp3) is 0.111. The Morgan fingerprint density at radius 2 is 1.78 bits per heavy atom. The van der Waals surface area contributed by atoms with E-state index in [2.05, 4.69) is 5.32 Å². The number of rotatable bonds is 4. The topological polar surface area (TPSA) is 132 Å². The number of hydrogen-bond acceptors (Lipinski definition) is 5. The second-order valence-corrected chi connectivity index (χ2v) is 5.77. The van der Waals surface area contributed by atoms with E-state index in [1.165, 1.54) is 24.3 Å². The summed E-state index contributed by atoms with van der Waals surface area (Å²) in [6.07, 6.45) is 0. The van der Waals surface area contributed by atoms with Crippen LogP contribution in [-0.4, -0.2) is 25.3 Å². The monoisotopic (exact) mass is 289 g/mol. The van der Waals surface area contributed by atoms with Crippen LogP contribution in [0, 0.1) is 0 Å². The van der Waals surface area contributed by atoms with Crippen molar-refractivity contribution >= 4 is 38.6 Å². The van der Waals surface area contributed by atoms with Gasteiger partial charge in [-0.25, -0.2) is 13.6 Å². The van der Waals surface area contributed by atoms with Crippen LogP contribution in [-0.2, 0) is 14.8 Å². The summed E-state index contributed by atoms with van der Waals surface area (Å²) in [6, 6.07) is 5.33. The van der Waals surface area contributed by atoms with Crippen LogP contribution < -0.4 is 16.2 Å². The maximum absolute atomic E-state index is 11.3. The standard InChI is InChI=1S/C9H11N3O4S2/c10-9(14)17-5-8(13)12-6-1-3-7(4-2-6)18(11,15)16/h1-4H,5H2,(H2,10,14)(H,12,13)(H2,11,15,16). The van der Waals surface area contributed by atoms with E-state index < -0.39 is 21.2 Å². The highest BCUT2D eigenvalue weighted by molar-refractivity contribution is 8.14. The van der Waals surface area contributed by atoms with Crippen molar-refractivity contribution in [2.24, 2.45) is 10.9 Å². The van der Waals surface area contributed by atoms with Gasteiger partial charge < -0.3 is 11.1 Å². The smallest absolute Gasteiger partial charge is 0.276 e. The highest BCUT2D eigenvalue weighted by Gasteiger charge is 2.08. The van der Waals surface area contributed by atoms with Crippen LogP contribution in [0.3, 0.4) is 0 Å². The Morgan fingerprint density at radius 3 is 2.22 bits per heavy atom. The number of hydrogen-bond donors (Lipinski definition) is 3. The Bertz CT molecular complexity index is 554. The zero-order chi connectivity index (χ0) is 13.8. The summed E-state index contributed by atoms with van der Waals surface area (Å²) in [5.74, 6) is -0.520. The Balaban J connectivity index is 2.64. The third kappa shape index (κ3) is 4.73. The van der Waals surface area contributed by atoms with Crippen molar-refractivity contribution in [2.75, 3.05) is 11.1 Å². The molecule has 0 heterocycles. The molecule has 1 aromatic rings. The van der Waals surface area contributed by atoms with E-state index in [1.807, 2.05) is 0 Å². The molecule has 0 fully saturated rings. The molecule has 0 saturated heterocycles. The van der Waals surface area contributed by atoms with Gasteiger partial charge in [0.15, 0.2) is 0 Å². The van der Waals surface area contributed by atoms with Gasteiger partial charge in [-0.2, -0.15) is 0 Å². The Morgan fingerprint density at radius 1 is 1.22 bits per heavy atom. The maximum Gasteiger partial charge on any atom is 0.276 e. The summed E-state index contributed by atoms with van der Waals surface area (Å²) in [5, 5.41) is 6.75.